The van der Waals surface area contributed by atoms with Crippen LogP contribution in [0.4, 0.5) is 0 Å². The van der Waals surface area contributed by atoms with Gasteiger partial charge in [0, 0.05) is 12.8 Å². The minimum absolute atomic E-state index is 0.0474. The third-order valence-corrected chi connectivity index (χ3v) is 3.71. The number of benzene rings is 1. The standard InChI is InChI=1S/C15H19NO3/c17-13(8-4-9-14(18)19)16-15(10-5-11-15)12-6-2-1-3-7-12/h1-3,6-7H,4-5,8-11H2,(H,16,17)(H,18,19). The number of amides is 1. The highest BCUT2D eigenvalue weighted by molar-refractivity contribution is 5.78. The second-order valence-corrected chi connectivity index (χ2v) is 5.10. The number of hydrogen-bond donors (Lipinski definition) is 2. The minimum atomic E-state index is -0.853. The first-order chi connectivity index (χ1) is 9.12. The van der Waals surface area contributed by atoms with Crippen molar-refractivity contribution in [2.45, 2.75) is 44.1 Å². The molecule has 0 atom stereocenters. The summed E-state index contributed by atoms with van der Waals surface area (Å²) in [5, 5.41) is 11.7. The van der Waals surface area contributed by atoms with Gasteiger partial charge in [-0.05, 0) is 31.2 Å². The van der Waals surface area contributed by atoms with Crippen LogP contribution in [-0.4, -0.2) is 17.0 Å². The maximum atomic E-state index is 11.9. The Morgan fingerprint density at radius 2 is 1.84 bits per heavy atom. The average molecular weight is 261 g/mol. The molecule has 0 radical (unpaired) electrons. The van der Waals surface area contributed by atoms with Crippen molar-refractivity contribution in [3.63, 3.8) is 0 Å². The van der Waals surface area contributed by atoms with Gasteiger partial charge in [-0.2, -0.15) is 0 Å². The van der Waals surface area contributed by atoms with Crippen molar-refractivity contribution < 1.29 is 14.7 Å². The molecule has 0 saturated heterocycles. The van der Waals surface area contributed by atoms with Crippen LogP contribution >= 0.6 is 0 Å². The highest BCUT2D eigenvalue weighted by Crippen LogP contribution is 2.41. The Balaban J connectivity index is 1.92. The molecule has 1 fully saturated rings. The van der Waals surface area contributed by atoms with Gasteiger partial charge in [0.2, 0.25) is 5.91 Å². The van der Waals surface area contributed by atoms with Gasteiger partial charge in [0.1, 0.15) is 0 Å². The molecular formula is C15H19NO3. The van der Waals surface area contributed by atoms with Gasteiger partial charge in [-0.3, -0.25) is 9.59 Å². The molecule has 102 valence electrons. The van der Waals surface area contributed by atoms with Crippen LogP contribution in [0.3, 0.4) is 0 Å². The van der Waals surface area contributed by atoms with E-state index in [2.05, 4.69) is 5.32 Å². The van der Waals surface area contributed by atoms with Crippen LogP contribution in [0.1, 0.15) is 44.1 Å². The fraction of sp³-hybridized carbons (Fsp3) is 0.467. The van der Waals surface area contributed by atoms with E-state index in [0.29, 0.717) is 6.42 Å². The van der Waals surface area contributed by atoms with E-state index in [-0.39, 0.29) is 24.3 Å². The molecule has 0 aromatic heterocycles. The molecule has 1 aliphatic rings. The van der Waals surface area contributed by atoms with Gasteiger partial charge in [0.05, 0.1) is 5.54 Å². The average Bonchev–Trinajstić information content (AvgIpc) is 2.34. The van der Waals surface area contributed by atoms with Crippen molar-refractivity contribution >= 4 is 11.9 Å². The van der Waals surface area contributed by atoms with Gasteiger partial charge in [-0.1, -0.05) is 30.3 Å². The quantitative estimate of drug-likeness (QED) is 0.826. The SMILES string of the molecule is O=C(O)CCCC(=O)NC1(c2ccccc2)CCC1. The van der Waals surface area contributed by atoms with E-state index >= 15 is 0 Å². The van der Waals surface area contributed by atoms with Gasteiger partial charge in [-0.15, -0.1) is 0 Å². The summed E-state index contributed by atoms with van der Waals surface area (Å²) < 4.78 is 0. The van der Waals surface area contributed by atoms with Crippen LogP contribution < -0.4 is 5.32 Å². The summed E-state index contributed by atoms with van der Waals surface area (Å²) in [5.74, 6) is -0.904. The highest BCUT2D eigenvalue weighted by Gasteiger charge is 2.39. The van der Waals surface area contributed by atoms with Crippen molar-refractivity contribution in [3.05, 3.63) is 35.9 Å². The highest BCUT2D eigenvalue weighted by atomic mass is 16.4. The molecule has 1 aromatic carbocycles. The molecule has 2 N–H and O–H groups in total. The lowest BCUT2D eigenvalue weighted by Gasteiger charge is -2.43. The third kappa shape index (κ3) is 3.34. The van der Waals surface area contributed by atoms with Crippen LogP contribution in [0.25, 0.3) is 0 Å². The predicted molar refractivity (Wildman–Crippen MR) is 71.6 cm³/mol. The van der Waals surface area contributed by atoms with E-state index < -0.39 is 5.97 Å². The molecule has 1 aliphatic carbocycles. The monoisotopic (exact) mass is 261 g/mol. The van der Waals surface area contributed by atoms with Gasteiger partial charge < -0.3 is 10.4 Å². The number of rotatable bonds is 6. The Kier molecular flexibility index (Phi) is 4.20. The fourth-order valence-electron chi connectivity index (χ4n) is 2.50. The van der Waals surface area contributed by atoms with E-state index in [1.807, 2.05) is 30.3 Å². The predicted octanol–water partition coefficient (Wildman–Crippen LogP) is 2.44. The lowest BCUT2D eigenvalue weighted by molar-refractivity contribution is -0.137. The number of hydrogen-bond acceptors (Lipinski definition) is 2. The molecule has 2 rings (SSSR count). The largest absolute Gasteiger partial charge is 0.481 e. The van der Waals surface area contributed by atoms with Crippen molar-refractivity contribution in [3.8, 4) is 0 Å². The zero-order valence-corrected chi connectivity index (χ0v) is 10.9. The minimum Gasteiger partial charge on any atom is -0.481 e. The molecule has 0 unspecified atom stereocenters. The molecule has 4 nitrogen and oxygen atoms in total. The summed E-state index contributed by atoms with van der Waals surface area (Å²) in [5.41, 5.74) is 0.925. The number of carboxylic acid groups (broad SMARTS) is 1. The zero-order valence-electron chi connectivity index (χ0n) is 10.9. The van der Waals surface area contributed by atoms with E-state index in [0.717, 1.165) is 24.8 Å². The van der Waals surface area contributed by atoms with Crippen molar-refractivity contribution in [2.24, 2.45) is 0 Å². The third-order valence-electron chi connectivity index (χ3n) is 3.71. The Bertz CT molecular complexity index is 452. The summed E-state index contributed by atoms with van der Waals surface area (Å²) in [6, 6.07) is 10.00. The second kappa shape index (κ2) is 5.87. The van der Waals surface area contributed by atoms with Crippen LogP contribution in [0.15, 0.2) is 30.3 Å². The van der Waals surface area contributed by atoms with Crippen molar-refractivity contribution in [1.29, 1.82) is 0 Å². The van der Waals surface area contributed by atoms with Crippen LogP contribution in [-0.2, 0) is 15.1 Å². The number of aliphatic carboxylic acids is 1. The molecule has 0 aliphatic heterocycles. The molecule has 1 aromatic rings. The van der Waals surface area contributed by atoms with Gasteiger partial charge >= 0.3 is 5.97 Å². The number of carboxylic acids is 1. The maximum Gasteiger partial charge on any atom is 0.303 e. The number of carbonyl (C=O) groups is 2. The maximum absolute atomic E-state index is 11.9. The van der Waals surface area contributed by atoms with E-state index in [1.54, 1.807) is 0 Å². The van der Waals surface area contributed by atoms with Gasteiger partial charge in [-0.25, -0.2) is 0 Å². The van der Waals surface area contributed by atoms with Crippen molar-refractivity contribution in [2.75, 3.05) is 0 Å². The number of carbonyl (C=O) groups excluding carboxylic acids is 1. The molecule has 1 amide bonds. The van der Waals surface area contributed by atoms with E-state index in [9.17, 15) is 9.59 Å². The molecule has 4 heteroatoms. The molecule has 0 bridgehead atoms. The molecule has 0 heterocycles. The summed E-state index contributed by atoms with van der Waals surface area (Å²) >= 11 is 0. The Labute approximate surface area is 112 Å². The molecule has 1 saturated carbocycles. The Morgan fingerprint density at radius 3 is 2.37 bits per heavy atom. The first-order valence-corrected chi connectivity index (χ1v) is 6.71. The Hall–Kier alpha value is -1.84. The molecule has 0 spiro atoms. The smallest absolute Gasteiger partial charge is 0.303 e. The van der Waals surface area contributed by atoms with Crippen LogP contribution in [0, 0.1) is 0 Å². The van der Waals surface area contributed by atoms with Crippen molar-refractivity contribution in [1.82, 2.24) is 5.32 Å². The Morgan fingerprint density at radius 1 is 1.16 bits per heavy atom. The lowest BCUT2D eigenvalue weighted by Crippen LogP contribution is -2.50. The first kappa shape index (κ1) is 13.6. The van der Waals surface area contributed by atoms with Crippen LogP contribution in [0.5, 0.6) is 0 Å². The van der Waals surface area contributed by atoms with Gasteiger partial charge in [0.15, 0.2) is 0 Å². The first-order valence-electron chi connectivity index (χ1n) is 6.71. The normalized spacial score (nSPS) is 16.4. The summed E-state index contributed by atoms with van der Waals surface area (Å²) in [6.07, 6.45) is 3.76. The van der Waals surface area contributed by atoms with E-state index in [4.69, 9.17) is 5.11 Å². The zero-order chi connectivity index (χ0) is 13.7. The summed E-state index contributed by atoms with van der Waals surface area (Å²) in [6.45, 7) is 0. The topological polar surface area (TPSA) is 66.4 Å². The molecular weight excluding hydrogens is 242 g/mol. The summed E-state index contributed by atoms with van der Waals surface area (Å²) in [4.78, 5) is 22.3. The fourth-order valence-corrected chi connectivity index (χ4v) is 2.50. The summed E-state index contributed by atoms with van der Waals surface area (Å²) in [7, 11) is 0. The van der Waals surface area contributed by atoms with E-state index in [1.165, 1.54) is 0 Å². The lowest BCUT2D eigenvalue weighted by atomic mass is 9.71. The second-order valence-electron chi connectivity index (χ2n) is 5.10. The molecule has 19 heavy (non-hydrogen) atoms. The number of nitrogens with one attached hydrogen (secondary N) is 1. The van der Waals surface area contributed by atoms with Gasteiger partial charge in [0.25, 0.3) is 0 Å². The van der Waals surface area contributed by atoms with Crippen LogP contribution in [0.2, 0.25) is 0 Å².